The number of hydrogen-bond donors (Lipinski definition) is 2. The number of phenols is 1. The van der Waals surface area contributed by atoms with E-state index in [-0.39, 0.29) is 11.3 Å². The number of aliphatic carboxylic acids is 1. The molecule has 0 bridgehead atoms. The van der Waals surface area contributed by atoms with E-state index >= 15 is 0 Å². The van der Waals surface area contributed by atoms with Crippen LogP contribution in [0.2, 0.25) is 0 Å². The molecule has 0 heterocycles. The van der Waals surface area contributed by atoms with E-state index in [4.69, 9.17) is 10.4 Å². The predicted molar refractivity (Wildman–Crippen MR) is 62.7 cm³/mol. The number of aromatic hydroxyl groups is 1. The van der Waals surface area contributed by atoms with Crippen molar-refractivity contribution in [1.29, 1.82) is 5.26 Å². The van der Waals surface area contributed by atoms with Crippen LogP contribution in [0.4, 0.5) is 0 Å². The molecular weight excluding hydrogens is 218 g/mol. The zero-order valence-corrected chi connectivity index (χ0v) is 10.1. The second kappa shape index (κ2) is 4.46. The number of benzene rings is 1. The lowest BCUT2D eigenvalue weighted by Crippen LogP contribution is -2.26. The van der Waals surface area contributed by atoms with Crippen molar-refractivity contribution >= 4 is 5.97 Å². The molecule has 0 aliphatic heterocycles. The van der Waals surface area contributed by atoms with Crippen LogP contribution in [0.5, 0.6) is 5.75 Å². The Hall–Kier alpha value is -2.02. The third-order valence-corrected chi connectivity index (χ3v) is 2.71. The molecular formula is C13H15NO3. The topological polar surface area (TPSA) is 81.3 Å². The SMILES string of the molecule is Cc1cc(CC(C)(C)C(=O)O)cc(C#N)c1O. The van der Waals surface area contributed by atoms with E-state index in [9.17, 15) is 9.90 Å². The molecule has 4 heteroatoms. The van der Waals surface area contributed by atoms with E-state index in [2.05, 4.69) is 0 Å². The number of phenolic OH excluding ortho intramolecular Hbond substituents is 1. The van der Waals surface area contributed by atoms with E-state index < -0.39 is 11.4 Å². The molecule has 0 amide bonds. The van der Waals surface area contributed by atoms with Crippen LogP contribution in [0.25, 0.3) is 0 Å². The van der Waals surface area contributed by atoms with E-state index in [0.717, 1.165) is 5.56 Å². The fraction of sp³-hybridized carbons (Fsp3) is 0.385. The Kier molecular flexibility index (Phi) is 3.42. The van der Waals surface area contributed by atoms with Gasteiger partial charge in [-0.25, -0.2) is 0 Å². The minimum absolute atomic E-state index is 0.0376. The first-order valence-electron chi connectivity index (χ1n) is 5.24. The van der Waals surface area contributed by atoms with Gasteiger partial charge in [0.15, 0.2) is 0 Å². The lowest BCUT2D eigenvalue weighted by Gasteiger charge is -2.19. The number of aryl methyl sites for hydroxylation is 1. The molecule has 1 aromatic rings. The lowest BCUT2D eigenvalue weighted by molar-refractivity contribution is -0.146. The minimum atomic E-state index is -0.893. The molecule has 0 unspecified atom stereocenters. The summed E-state index contributed by atoms with van der Waals surface area (Å²) in [5.41, 5.74) is 0.613. The summed E-state index contributed by atoms with van der Waals surface area (Å²) in [6, 6.07) is 5.14. The Morgan fingerprint density at radius 3 is 2.53 bits per heavy atom. The van der Waals surface area contributed by atoms with E-state index in [0.29, 0.717) is 12.0 Å². The van der Waals surface area contributed by atoms with Gasteiger partial charge in [0, 0.05) is 0 Å². The molecule has 90 valence electrons. The molecule has 0 radical (unpaired) electrons. The molecule has 17 heavy (non-hydrogen) atoms. The van der Waals surface area contributed by atoms with Gasteiger partial charge in [0.25, 0.3) is 0 Å². The summed E-state index contributed by atoms with van der Waals surface area (Å²) in [6.45, 7) is 4.95. The summed E-state index contributed by atoms with van der Waals surface area (Å²) in [5.74, 6) is -0.925. The van der Waals surface area contributed by atoms with Gasteiger partial charge in [0.1, 0.15) is 11.8 Å². The first-order valence-corrected chi connectivity index (χ1v) is 5.24. The summed E-state index contributed by atoms with van der Waals surface area (Å²) < 4.78 is 0. The number of carboxylic acids is 1. The standard InChI is InChI=1S/C13H15NO3/c1-8-4-9(5-10(7-14)11(8)15)6-13(2,3)12(16)17/h4-5,15H,6H2,1-3H3,(H,16,17). The van der Waals surface area contributed by atoms with Crippen molar-refractivity contribution in [1.82, 2.24) is 0 Å². The van der Waals surface area contributed by atoms with Crippen LogP contribution in [0.3, 0.4) is 0 Å². The molecule has 0 aliphatic rings. The zero-order chi connectivity index (χ0) is 13.2. The quantitative estimate of drug-likeness (QED) is 0.838. The highest BCUT2D eigenvalue weighted by molar-refractivity contribution is 5.74. The molecule has 0 fully saturated rings. The van der Waals surface area contributed by atoms with Crippen molar-refractivity contribution in [3.8, 4) is 11.8 Å². The number of nitrogens with zero attached hydrogens (tertiary/aromatic N) is 1. The van der Waals surface area contributed by atoms with Crippen LogP contribution in [0.1, 0.15) is 30.5 Å². The van der Waals surface area contributed by atoms with Crippen LogP contribution in [-0.2, 0) is 11.2 Å². The van der Waals surface area contributed by atoms with Gasteiger partial charge >= 0.3 is 5.97 Å². The summed E-state index contributed by atoms with van der Waals surface area (Å²) >= 11 is 0. The Bertz CT molecular complexity index is 498. The Morgan fingerprint density at radius 2 is 2.06 bits per heavy atom. The number of nitriles is 1. The van der Waals surface area contributed by atoms with Crippen molar-refractivity contribution in [3.63, 3.8) is 0 Å². The zero-order valence-electron chi connectivity index (χ0n) is 10.1. The van der Waals surface area contributed by atoms with Crippen molar-refractivity contribution in [2.75, 3.05) is 0 Å². The van der Waals surface area contributed by atoms with Gasteiger partial charge in [0.05, 0.1) is 11.0 Å². The van der Waals surface area contributed by atoms with Crippen LogP contribution in [0, 0.1) is 23.7 Å². The molecule has 0 spiro atoms. The van der Waals surface area contributed by atoms with Crippen molar-refractivity contribution in [2.45, 2.75) is 27.2 Å². The van der Waals surface area contributed by atoms with Gasteiger partial charge in [0.2, 0.25) is 0 Å². The molecule has 1 aromatic carbocycles. The maximum atomic E-state index is 11.0. The molecule has 0 atom stereocenters. The van der Waals surface area contributed by atoms with Gasteiger partial charge in [-0.2, -0.15) is 5.26 Å². The van der Waals surface area contributed by atoms with Crippen molar-refractivity contribution < 1.29 is 15.0 Å². The first kappa shape index (κ1) is 13.0. The third-order valence-electron chi connectivity index (χ3n) is 2.71. The van der Waals surface area contributed by atoms with Gasteiger partial charge in [-0.3, -0.25) is 4.79 Å². The molecule has 2 N–H and O–H groups in total. The molecule has 0 saturated heterocycles. The molecule has 0 saturated carbocycles. The summed E-state index contributed by atoms with van der Waals surface area (Å²) in [6.07, 6.45) is 0.318. The third kappa shape index (κ3) is 2.76. The van der Waals surface area contributed by atoms with Gasteiger partial charge in [-0.05, 0) is 44.4 Å². The minimum Gasteiger partial charge on any atom is -0.506 e. The monoisotopic (exact) mass is 233 g/mol. The fourth-order valence-electron chi connectivity index (χ4n) is 1.63. The number of carboxylic acid groups (broad SMARTS) is 1. The average molecular weight is 233 g/mol. The maximum Gasteiger partial charge on any atom is 0.309 e. The van der Waals surface area contributed by atoms with Gasteiger partial charge in [-0.1, -0.05) is 6.07 Å². The van der Waals surface area contributed by atoms with E-state index in [1.165, 1.54) is 6.07 Å². The molecule has 4 nitrogen and oxygen atoms in total. The summed E-state index contributed by atoms with van der Waals surface area (Å²) in [4.78, 5) is 11.0. The number of hydrogen-bond acceptors (Lipinski definition) is 3. The summed E-state index contributed by atoms with van der Waals surface area (Å²) in [5, 5.41) is 27.5. The van der Waals surface area contributed by atoms with Crippen LogP contribution in [0.15, 0.2) is 12.1 Å². The smallest absolute Gasteiger partial charge is 0.309 e. The summed E-state index contributed by atoms with van der Waals surface area (Å²) in [7, 11) is 0. The predicted octanol–water partition coefficient (Wildman–Crippen LogP) is 2.23. The largest absolute Gasteiger partial charge is 0.506 e. The molecule has 1 rings (SSSR count). The number of rotatable bonds is 3. The molecule has 0 aliphatic carbocycles. The Balaban J connectivity index is 3.14. The van der Waals surface area contributed by atoms with Crippen molar-refractivity contribution in [3.05, 3.63) is 28.8 Å². The van der Waals surface area contributed by atoms with Gasteiger partial charge < -0.3 is 10.2 Å². The lowest BCUT2D eigenvalue weighted by atomic mass is 9.85. The van der Waals surface area contributed by atoms with Crippen molar-refractivity contribution in [2.24, 2.45) is 5.41 Å². The highest BCUT2D eigenvalue weighted by Crippen LogP contribution is 2.28. The second-order valence-corrected chi connectivity index (χ2v) is 4.79. The molecule has 0 aromatic heterocycles. The fourth-order valence-corrected chi connectivity index (χ4v) is 1.63. The highest BCUT2D eigenvalue weighted by Gasteiger charge is 2.27. The Morgan fingerprint density at radius 1 is 1.47 bits per heavy atom. The van der Waals surface area contributed by atoms with Crippen LogP contribution in [-0.4, -0.2) is 16.2 Å². The average Bonchev–Trinajstić information content (AvgIpc) is 2.22. The van der Waals surface area contributed by atoms with Gasteiger partial charge in [-0.15, -0.1) is 0 Å². The Labute approximate surface area is 100 Å². The normalized spacial score (nSPS) is 10.9. The first-order chi connectivity index (χ1) is 7.77. The van der Waals surface area contributed by atoms with Crippen LogP contribution >= 0.6 is 0 Å². The van der Waals surface area contributed by atoms with E-state index in [1.54, 1.807) is 26.8 Å². The highest BCUT2D eigenvalue weighted by atomic mass is 16.4. The second-order valence-electron chi connectivity index (χ2n) is 4.79. The number of carbonyl (C=O) groups is 1. The maximum absolute atomic E-state index is 11.0. The van der Waals surface area contributed by atoms with E-state index in [1.807, 2.05) is 6.07 Å². The van der Waals surface area contributed by atoms with Crippen LogP contribution < -0.4 is 0 Å².